The SMILES string of the molecule is Cc1nn2ncccc2c1C(=O)N[C@H]1c2ccccc2C[C@H]1O. The fourth-order valence-electron chi connectivity index (χ4n) is 3.25. The van der Waals surface area contributed by atoms with E-state index < -0.39 is 12.1 Å². The predicted octanol–water partition coefficient (Wildman–Crippen LogP) is 1.43. The Bertz CT molecular complexity index is 902. The van der Waals surface area contributed by atoms with Gasteiger partial charge in [0.2, 0.25) is 0 Å². The van der Waals surface area contributed by atoms with Crippen molar-refractivity contribution < 1.29 is 9.90 Å². The Balaban J connectivity index is 1.69. The van der Waals surface area contributed by atoms with Crippen molar-refractivity contribution in [3.05, 3.63) is 65.0 Å². The lowest BCUT2D eigenvalue weighted by Gasteiger charge is -2.17. The van der Waals surface area contributed by atoms with Crippen molar-refractivity contribution in [3.8, 4) is 0 Å². The minimum Gasteiger partial charge on any atom is -0.390 e. The number of fused-ring (bicyclic) bond motifs is 2. The summed E-state index contributed by atoms with van der Waals surface area (Å²) in [4.78, 5) is 12.7. The Morgan fingerprint density at radius 1 is 1.30 bits per heavy atom. The van der Waals surface area contributed by atoms with Crippen LogP contribution >= 0.6 is 0 Å². The molecule has 2 atom stereocenters. The standard InChI is InChI=1S/C17H16N4O2/c1-10-15(13-7-4-8-18-21(13)20-10)17(23)19-16-12-6-3-2-5-11(12)9-14(16)22/h2-8,14,16,22H,9H2,1H3,(H,19,23)/t14-,16+/m1/s1. The second-order valence-electron chi connectivity index (χ2n) is 5.78. The molecule has 0 bridgehead atoms. The Morgan fingerprint density at radius 2 is 2.13 bits per heavy atom. The number of benzene rings is 1. The number of carbonyl (C=O) groups is 1. The largest absolute Gasteiger partial charge is 0.390 e. The maximum atomic E-state index is 12.7. The summed E-state index contributed by atoms with van der Waals surface area (Å²) >= 11 is 0. The van der Waals surface area contributed by atoms with Crippen molar-refractivity contribution >= 4 is 11.4 Å². The van der Waals surface area contributed by atoms with Crippen molar-refractivity contribution in [1.29, 1.82) is 0 Å². The molecular weight excluding hydrogens is 292 g/mol. The number of aromatic nitrogens is 3. The second-order valence-corrected chi connectivity index (χ2v) is 5.78. The number of nitrogens with zero attached hydrogens (tertiary/aromatic N) is 3. The molecule has 1 amide bonds. The molecule has 4 rings (SSSR count). The number of rotatable bonds is 2. The van der Waals surface area contributed by atoms with E-state index in [1.165, 1.54) is 4.63 Å². The molecule has 116 valence electrons. The molecule has 1 aromatic carbocycles. The maximum Gasteiger partial charge on any atom is 0.256 e. The van der Waals surface area contributed by atoms with Crippen LogP contribution in [0.3, 0.4) is 0 Å². The van der Waals surface area contributed by atoms with E-state index in [2.05, 4.69) is 15.5 Å². The topological polar surface area (TPSA) is 79.5 Å². The van der Waals surface area contributed by atoms with Gasteiger partial charge in [-0.1, -0.05) is 24.3 Å². The maximum absolute atomic E-state index is 12.7. The van der Waals surface area contributed by atoms with E-state index in [1.54, 1.807) is 25.3 Å². The molecule has 6 heteroatoms. The molecule has 23 heavy (non-hydrogen) atoms. The van der Waals surface area contributed by atoms with Crippen LogP contribution in [0.5, 0.6) is 0 Å². The van der Waals surface area contributed by atoms with Crippen LogP contribution in [-0.2, 0) is 6.42 Å². The molecule has 3 aromatic rings. The van der Waals surface area contributed by atoms with Crippen LogP contribution < -0.4 is 5.32 Å². The summed E-state index contributed by atoms with van der Waals surface area (Å²) in [6, 6.07) is 11.0. The van der Waals surface area contributed by atoms with E-state index >= 15 is 0 Å². The van der Waals surface area contributed by atoms with Crippen LogP contribution in [-0.4, -0.2) is 31.9 Å². The zero-order valence-corrected chi connectivity index (χ0v) is 12.6. The van der Waals surface area contributed by atoms with E-state index in [4.69, 9.17) is 0 Å². The molecule has 0 radical (unpaired) electrons. The number of hydrogen-bond acceptors (Lipinski definition) is 4. The first-order valence-corrected chi connectivity index (χ1v) is 7.52. The summed E-state index contributed by atoms with van der Waals surface area (Å²) in [6.07, 6.45) is 1.56. The molecule has 0 unspecified atom stereocenters. The van der Waals surface area contributed by atoms with E-state index in [-0.39, 0.29) is 5.91 Å². The molecule has 0 aliphatic heterocycles. The van der Waals surface area contributed by atoms with Gasteiger partial charge >= 0.3 is 0 Å². The van der Waals surface area contributed by atoms with Crippen LogP contribution in [0, 0.1) is 6.92 Å². The Kier molecular flexibility index (Phi) is 3.12. The van der Waals surface area contributed by atoms with Gasteiger partial charge < -0.3 is 10.4 Å². The average molecular weight is 308 g/mol. The molecule has 0 saturated heterocycles. The van der Waals surface area contributed by atoms with Gasteiger partial charge in [-0.2, -0.15) is 14.8 Å². The highest BCUT2D eigenvalue weighted by Gasteiger charge is 2.33. The van der Waals surface area contributed by atoms with Crippen LogP contribution in [0.1, 0.15) is 33.2 Å². The number of aliphatic hydroxyl groups excluding tert-OH is 1. The zero-order chi connectivity index (χ0) is 16.0. The first-order valence-electron chi connectivity index (χ1n) is 7.52. The van der Waals surface area contributed by atoms with Gasteiger partial charge in [0, 0.05) is 12.6 Å². The van der Waals surface area contributed by atoms with Gasteiger partial charge in [-0.05, 0) is 30.2 Å². The average Bonchev–Trinajstić information content (AvgIpc) is 3.04. The minimum absolute atomic E-state index is 0.244. The molecule has 6 nitrogen and oxygen atoms in total. The van der Waals surface area contributed by atoms with E-state index in [1.807, 2.05) is 24.3 Å². The Hall–Kier alpha value is -2.73. The first-order chi connectivity index (χ1) is 11.1. The second kappa shape index (κ2) is 5.17. The molecule has 2 aromatic heterocycles. The summed E-state index contributed by atoms with van der Waals surface area (Å²) in [6.45, 7) is 1.78. The minimum atomic E-state index is -0.614. The first kappa shape index (κ1) is 13.9. The monoisotopic (exact) mass is 308 g/mol. The fourth-order valence-corrected chi connectivity index (χ4v) is 3.25. The van der Waals surface area contributed by atoms with Crippen molar-refractivity contribution in [2.45, 2.75) is 25.5 Å². The van der Waals surface area contributed by atoms with Crippen molar-refractivity contribution in [3.63, 3.8) is 0 Å². The number of nitrogens with one attached hydrogen (secondary N) is 1. The van der Waals surface area contributed by atoms with Crippen LogP contribution in [0.25, 0.3) is 5.52 Å². The van der Waals surface area contributed by atoms with Crippen molar-refractivity contribution in [2.24, 2.45) is 0 Å². The summed E-state index contributed by atoms with van der Waals surface area (Å²) in [5, 5.41) is 21.6. The van der Waals surface area contributed by atoms with Gasteiger partial charge in [-0.15, -0.1) is 0 Å². The van der Waals surface area contributed by atoms with Gasteiger partial charge in [0.1, 0.15) is 5.52 Å². The van der Waals surface area contributed by atoms with Gasteiger partial charge in [0.05, 0.1) is 23.4 Å². The fraction of sp³-hybridized carbons (Fsp3) is 0.235. The molecule has 0 fully saturated rings. The van der Waals surface area contributed by atoms with Crippen molar-refractivity contribution in [1.82, 2.24) is 20.1 Å². The van der Waals surface area contributed by atoms with Crippen molar-refractivity contribution in [2.75, 3.05) is 0 Å². The molecular formula is C17H16N4O2. The van der Waals surface area contributed by atoms with Gasteiger partial charge in [-0.25, -0.2) is 0 Å². The third kappa shape index (κ3) is 2.19. The number of carbonyl (C=O) groups excluding carboxylic acids is 1. The highest BCUT2D eigenvalue weighted by molar-refractivity contribution is 6.02. The van der Waals surface area contributed by atoms with Crippen LogP contribution in [0.4, 0.5) is 0 Å². The summed E-state index contributed by atoms with van der Waals surface area (Å²) in [7, 11) is 0. The summed E-state index contributed by atoms with van der Waals surface area (Å²) in [5.41, 5.74) is 3.81. The summed E-state index contributed by atoms with van der Waals surface area (Å²) < 4.78 is 1.45. The molecule has 2 heterocycles. The predicted molar refractivity (Wildman–Crippen MR) is 84.1 cm³/mol. The Morgan fingerprint density at radius 3 is 3.00 bits per heavy atom. The van der Waals surface area contributed by atoms with E-state index in [0.717, 1.165) is 11.1 Å². The zero-order valence-electron chi connectivity index (χ0n) is 12.6. The number of amides is 1. The number of hydrogen-bond donors (Lipinski definition) is 2. The molecule has 1 aliphatic rings. The van der Waals surface area contributed by atoms with E-state index in [9.17, 15) is 9.90 Å². The lowest BCUT2D eigenvalue weighted by molar-refractivity contribution is 0.0859. The molecule has 2 N–H and O–H groups in total. The van der Waals surface area contributed by atoms with Gasteiger partial charge in [0.25, 0.3) is 5.91 Å². The lowest BCUT2D eigenvalue weighted by atomic mass is 10.1. The molecule has 0 spiro atoms. The third-order valence-electron chi connectivity index (χ3n) is 4.31. The summed E-state index contributed by atoms with van der Waals surface area (Å²) in [5.74, 6) is -0.244. The molecule has 1 aliphatic carbocycles. The lowest BCUT2D eigenvalue weighted by Crippen LogP contribution is -2.34. The third-order valence-corrected chi connectivity index (χ3v) is 4.31. The van der Waals surface area contributed by atoms with E-state index in [0.29, 0.717) is 23.2 Å². The number of aliphatic hydroxyl groups is 1. The molecule has 0 saturated carbocycles. The van der Waals surface area contributed by atoms with Gasteiger partial charge in [-0.3, -0.25) is 4.79 Å². The highest BCUT2D eigenvalue weighted by atomic mass is 16.3. The quantitative estimate of drug-likeness (QED) is 0.750. The Labute approximate surface area is 132 Å². The van der Waals surface area contributed by atoms with Crippen LogP contribution in [0.15, 0.2) is 42.6 Å². The highest BCUT2D eigenvalue weighted by Crippen LogP contribution is 2.31. The number of aryl methyl sites for hydroxylation is 1. The van der Waals surface area contributed by atoms with Gasteiger partial charge in [0.15, 0.2) is 0 Å². The normalized spacial score (nSPS) is 19.7. The smallest absolute Gasteiger partial charge is 0.256 e. The van der Waals surface area contributed by atoms with Crippen LogP contribution in [0.2, 0.25) is 0 Å².